The summed E-state index contributed by atoms with van der Waals surface area (Å²) in [5, 5.41) is 8.51. The van der Waals surface area contributed by atoms with Crippen molar-refractivity contribution in [3.05, 3.63) is 0 Å². The SMILES string of the molecule is CCCCCCCC(CC(O)CC)S(=O)(=O)[O-].[K+]. The number of hydrogen-bond donors (Lipinski definition) is 1. The fourth-order valence-electron chi connectivity index (χ4n) is 1.83. The van der Waals surface area contributed by atoms with Crippen LogP contribution in [0.2, 0.25) is 0 Å². The molecular formula is C12H25KO4S. The molecule has 0 rings (SSSR count). The van der Waals surface area contributed by atoms with Crippen LogP contribution in [0.4, 0.5) is 0 Å². The third-order valence-corrected chi connectivity index (χ3v) is 4.29. The molecule has 0 bridgehead atoms. The minimum Gasteiger partial charge on any atom is -0.748 e. The van der Waals surface area contributed by atoms with Crippen molar-refractivity contribution in [2.24, 2.45) is 0 Å². The van der Waals surface area contributed by atoms with Crippen LogP contribution in [0.25, 0.3) is 0 Å². The minimum absolute atomic E-state index is 0. The topological polar surface area (TPSA) is 77.4 Å². The van der Waals surface area contributed by atoms with E-state index in [-0.39, 0.29) is 57.8 Å². The Bertz CT molecular complexity index is 280. The average Bonchev–Trinajstić information content (AvgIpc) is 2.25. The van der Waals surface area contributed by atoms with E-state index in [0.29, 0.717) is 12.8 Å². The zero-order valence-corrected chi connectivity index (χ0v) is 15.8. The van der Waals surface area contributed by atoms with Gasteiger partial charge in [-0.15, -0.1) is 0 Å². The molecule has 6 heteroatoms. The molecule has 0 radical (unpaired) electrons. The molecule has 0 amide bonds. The zero-order chi connectivity index (χ0) is 13.3. The van der Waals surface area contributed by atoms with Gasteiger partial charge in [-0.25, -0.2) is 8.42 Å². The van der Waals surface area contributed by atoms with Crippen LogP contribution in [0.5, 0.6) is 0 Å². The Hall–Kier alpha value is 1.51. The van der Waals surface area contributed by atoms with Crippen molar-refractivity contribution in [1.29, 1.82) is 0 Å². The smallest absolute Gasteiger partial charge is 0.748 e. The van der Waals surface area contributed by atoms with Gasteiger partial charge in [-0.3, -0.25) is 0 Å². The number of aliphatic hydroxyl groups excluding tert-OH is 1. The fraction of sp³-hybridized carbons (Fsp3) is 1.00. The minimum atomic E-state index is -4.27. The van der Waals surface area contributed by atoms with Gasteiger partial charge in [-0.05, 0) is 19.3 Å². The summed E-state index contributed by atoms with van der Waals surface area (Å²) in [7, 11) is -4.27. The van der Waals surface area contributed by atoms with E-state index >= 15 is 0 Å². The molecule has 104 valence electrons. The predicted octanol–water partition coefficient (Wildman–Crippen LogP) is -0.574. The maximum atomic E-state index is 11.0. The van der Waals surface area contributed by atoms with E-state index in [2.05, 4.69) is 6.92 Å². The quantitative estimate of drug-likeness (QED) is 0.333. The van der Waals surface area contributed by atoms with Crippen LogP contribution in [0.15, 0.2) is 0 Å². The van der Waals surface area contributed by atoms with Crippen molar-refractivity contribution in [3.63, 3.8) is 0 Å². The van der Waals surface area contributed by atoms with E-state index in [0.717, 1.165) is 32.1 Å². The third-order valence-electron chi connectivity index (χ3n) is 3.04. The van der Waals surface area contributed by atoms with Crippen LogP contribution in [-0.4, -0.2) is 29.4 Å². The van der Waals surface area contributed by atoms with Crippen LogP contribution >= 0.6 is 0 Å². The van der Waals surface area contributed by atoms with Crippen LogP contribution in [0.1, 0.15) is 65.2 Å². The Kier molecular flexibility index (Phi) is 14.9. The Morgan fingerprint density at radius 2 is 1.67 bits per heavy atom. The van der Waals surface area contributed by atoms with E-state index in [1.807, 2.05) is 0 Å². The zero-order valence-electron chi connectivity index (χ0n) is 11.9. The second kappa shape index (κ2) is 12.3. The monoisotopic (exact) mass is 304 g/mol. The van der Waals surface area contributed by atoms with Gasteiger partial charge in [0, 0.05) is 0 Å². The first-order chi connectivity index (χ1) is 7.91. The molecule has 18 heavy (non-hydrogen) atoms. The van der Waals surface area contributed by atoms with Crippen LogP contribution in [0.3, 0.4) is 0 Å². The summed E-state index contributed by atoms with van der Waals surface area (Å²) in [5.41, 5.74) is 0. The summed E-state index contributed by atoms with van der Waals surface area (Å²) in [6, 6.07) is 0. The predicted molar refractivity (Wildman–Crippen MR) is 67.8 cm³/mol. The molecule has 1 N–H and O–H groups in total. The first-order valence-electron chi connectivity index (χ1n) is 6.54. The number of unbranched alkanes of at least 4 members (excludes halogenated alkanes) is 4. The molecule has 2 atom stereocenters. The molecule has 0 aliphatic heterocycles. The van der Waals surface area contributed by atoms with Gasteiger partial charge in [0.05, 0.1) is 21.5 Å². The van der Waals surface area contributed by atoms with Gasteiger partial charge in [-0.1, -0.05) is 46.0 Å². The molecule has 0 aromatic rings. The standard InChI is InChI=1S/C12H26O4S.K/c1-3-5-6-7-8-9-12(17(14,15)16)10-11(13)4-2;/h11-13H,3-10H2,1-2H3,(H,14,15,16);/q;+1/p-1. The molecular weight excluding hydrogens is 279 g/mol. The van der Waals surface area contributed by atoms with Crippen LogP contribution in [0, 0.1) is 0 Å². The first kappa shape index (κ1) is 21.8. The van der Waals surface area contributed by atoms with Crippen molar-refractivity contribution >= 4 is 10.1 Å². The normalized spacial score (nSPS) is 14.9. The molecule has 0 saturated heterocycles. The maximum absolute atomic E-state index is 11.0. The Labute approximate surface area is 154 Å². The van der Waals surface area contributed by atoms with Gasteiger partial charge < -0.3 is 9.66 Å². The van der Waals surface area contributed by atoms with Crippen molar-refractivity contribution in [2.45, 2.75) is 76.6 Å². The first-order valence-corrected chi connectivity index (χ1v) is 8.01. The summed E-state index contributed by atoms with van der Waals surface area (Å²) >= 11 is 0. The molecule has 0 aromatic carbocycles. The van der Waals surface area contributed by atoms with Crippen molar-refractivity contribution in [3.8, 4) is 0 Å². The second-order valence-electron chi connectivity index (χ2n) is 4.62. The van der Waals surface area contributed by atoms with E-state index < -0.39 is 21.5 Å². The van der Waals surface area contributed by atoms with Gasteiger partial charge in [-0.2, -0.15) is 0 Å². The summed E-state index contributed by atoms with van der Waals surface area (Å²) in [5.74, 6) is 0. The van der Waals surface area contributed by atoms with Crippen LogP contribution < -0.4 is 51.4 Å². The summed E-state index contributed by atoms with van der Waals surface area (Å²) in [6.45, 7) is 3.89. The molecule has 4 nitrogen and oxygen atoms in total. The summed E-state index contributed by atoms with van der Waals surface area (Å²) < 4.78 is 33.1. The van der Waals surface area contributed by atoms with Gasteiger partial charge in [0.15, 0.2) is 0 Å². The summed E-state index contributed by atoms with van der Waals surface area (Å²) in [6.07, 6.45) is 5.34. The molecule has 2 unspecified atom stereocenters. The molecule has 0 aliphatic rings. The fourth-order valence-corrected chi connectivity index (χ4v) is 2.74. The van der Waals surface area contributed by atoms with Crippen molar-refractivity contribution in [2.75, 3.05) is 0 Å². The third kappa shape index (κ3) is 11.3. The van der Waals surface area contributed by atoms with Gasteiger partial charge >= 0.3 is 51.4 Å². The molecule has 0 aromatic heterocycles. The van der Waals surface area contributed by atoms with Gasteiger partial charge in [0.2, 0.25) is 0 Å². The van der Waals surface area contributed by atoms with E-state index in [1.165, 1.54) is 0 Å². The molecule has 0 fully saturated rings. The van der Waals surface area contributed by atoms with E-state index in [4.69, 9.17) is 0 Å². The largest absolute Gasteiger partial charge is 1.00 e. The second-order valence-corrected chi connectivity index (χ2v) is 6.27. The van der Waals surface area contributed by atoms with E-state index in [9.17, 15) is 18.1 Å². The number of rotatable bonds is 10. The maximum Gasteiger partial charge on any atom is 1.00 e. The Morgan fingerprint density at radius 3 is 2.11 bits per heavy atom. The van der Waals surface area contributed by atoms with Gasteiger partial charge in [0.1, 0.15) is 0 Å². The number of aliphatic hydroxyl groups is 1. The number of hydrogen-bond acceptors (Lipinski definition) is 4. The Balaban J connectivity index is 0. The van der Waals surface area contributed by atoms with Crippen LogP contribution in [-0.2, 0) is 10.1 Å². The average molecular weight is 304 g/mol. The molecule has 0 heterocycles. The summed E-state index contributed by atoms with van der Waals surface area (Å²) in [4.78, 5) is 0. The van der Waals surface area contributed by atoms with E-state index in [1.54, 1.807) is 6.92 Å². The molecule has 0 saturated carbocycles. The Morgan fingerprint density at radius 1 is 1.11 bits per heavy atom. The van der Waals surface area contributed by atoms with Crippen molar-refractivity contribution < 1.29 is 69.5 Å². The molecule has 0 spiro atoms. The van der Waals surface area contributed by atoms with Crippen molar-refractivity contribution in [1.82, 2.24) is 0 Å². The molecule has 0 aliphatic carbocycles. The van der Waals surface area contributed by atoms with Gasteiger partial charge in [0.25, 0.3) is 0 Å².